The molecule has 2 N–H and O–H groups in total. The first-order valence-corrected chi connectivity index (χ1v) is 11.3. The van der Waals surface area contributed by atoms with Gasteiger partial charge in [0.2, 0.25) is 0 Å². The summed E-state index contributed by atoms with van der Waals surface area (Å²) in [5.74, 6) is -1.52. The maximum absolute atomic E-state index is 10.0. The molecule has 152 valence electrons. The van der Waals surface area contributed by atoms with Crippen molar-refractivity contribution in [2.75, 3.05) is 0 Å². The van der Waals surface area contributed by atoms with Gasteiger partial charge in [0.05, 0.1) is 0 Å². The minimum Gasteiger partial charge on any atom is -0.365 e. The van der Waals surface area contributed by atoms with Gasteiger partial charge >= 0.3 is 0 Å². The lowest BCUT2D eigenvalue weighted by Crippen LogP contribution is -2.42. The van der Waals surface area contributed by atoms with Crippen LogP contribution >= 0.6 is 0 Å². The molecular weight excluding hydrogens is 308 g/mol. The summed E-state index contributed by atoms with van der Waals surface area (Å²) in [6.45, 7) is 7.94. The predicted molar refractivity (Wildman–Crippen MR) is 111 cm³/mol. The molecule has 0 aliphatic rings. The zero-order chi connectivity index (χ0) is 19.0. The SMILES string of the molecule is CCCCCCCCCCCCCCCCCCC(O)(O)C(C)(C)C. The molecule has 0 saturated heterocycles. The molecule has 2 nitrogen and oxygen atoms in total. The van der Waals surface area contributed by atoms with E-state index in [1.54, 1.807) is 0 Å². The fraction of sp³-hybridized carbons (Fsp3) is 1.00. The molecular formula is C23H48O2. The van der Waals surface area contributed by atoms with Crippen LogP contribution < -0.4 is 0 Å². The topological polar surface area (TPSA) is 40.5 Å². The van der Waals surface area contributed by atoms with E-state index in [4.69, 9.17) is 0 Å². The van der Waals surface area contributed by atoms with E-state index < -0.39 is 11.2 Å². The van der Waals surface area contributed by atoms with Crippen molar-refractivity contribution >= 4 is 0 Å². The second-order valence-electron chi connectivity index (χ2n) is 9.12. The number of unbranched alkanes of at least 4 members (excludes halogenated alkanes) is 15. The molecule has 0 spiro atoms. The molecule has 25 heavy (non-hydrogen) atoms. The summed E-state index contributed by atoms with van der Waals surface area (Å²) >= 11 is 0. The average molecular weight is 357 g/mol. The van der Waals surface area contributed by atoms with Crippen molar-refractivity contribution in [1.29, 1.82) is 0 Å². The van der Waals surface area contributed by atoms with Gasteiger partial charge in [-0.3, -0.25) is 0 Å². The average Bonchev–Trinajstić information content (AvgIpc) is 2.53. The third kappa shape index (κ3) is 14.7. The zero-order valence-corrected chi connectivity index (χ0v) is 17.9. The van der Waals surface area contributed by atoms with Gasteiger partial charge in [0.25, 0.3) is 0 Å². The highest BCUT2D eigenvalue weighted by Crippen LogP contribution is 2.32. The van der Waals surface area contributed by atoms with Crippen LogP contribution in [-0.4, -0.2) is 16.0 Å². The van der Waals surface area contributed by atoms with Crippen molar-refractivity contribution in [3.05, 3.63) is 0 Å². The molecule has 0 aromatic rings. The van der Waals surface area contributed by atoms with E-state index in [0.717, 1.165) is 12.8 Å². The van der Waals surface area contributed by atoms with Crippen molar-refractivity contribution in [3.8, 4) is 0 Å². The van der Waals surface area contributed by atoms with Crippen molar-refractivity contribution < 1.29 is 10.2 Å². The van der Waals surface area contributed by atoms with Crippen molar-refractivity contribution in [2.45, 2.75) is 143 Å². The van der Waals surface area contributed by atoms with E-state index in [9.17, 15) is 10.2 Å². The van der Waals surface area contributed by atoms with E-state index >= 15 is 0 Å². The highest BCUT2D eigenvalue weighted by Gasteiger charge is 2.36. The number of hydrogen-bond acceptors (Lipinski definition) is 2. The fourth-order valence-electron chi connectivity index (χ4n) is 3.29. The molecule has 0 rings (SSSR count). The van der Waals surface area contributed by atoms with E-state index in [0.29, 0.717) is 6.42 Å². The first-order chi connectivity index (χ1) is 11.8. The monoisotopic (exact) mass is 356 g/mol. The van der Waals surface area contributed by atoms with E-state index in [-0.39, 0.29) is 0 Å². The van der Waals surface area contributed by atoms with Crippen LogP contribution in [0.4, 0.5) is 0 Å². The normalized spacial score (nSPS) is 12.7. The van der Waals surface area contributed by atoms with Crippen LogP contribution in [0.5, 0.6) is 0 Å². The minimum absolute atomic E-state index is 0.456. The zero-order valence-electron chi connectivity index (χ0n) is 17.9. The van der Waals surface area contributed by atoms with Crippen LogP contribution in [0.3, 0.4) is 0 Å². The Kier molecular flexibility index (Phi) is 15.0. The molecule has 0 aliphatic carbocycles. The van der Waals surface area contributed by atoms with Crippen LogP contribution in [0.15, 0.2) is 0 Å². The lowest BCUT2D eigenvalue weighted by Gasteiger charge is -2.35. The standard InChI is InChI=1S/C23H48O2/c1-5-6-7-8-9-10-11-12-13-14-15-16-17-18-19-20-21-23(24,25)22(2,3)4/h24-25H,5-21H2,1-4H3. The Hall–Kier alpha value is -0.0800. The summed E-state index contributed by atoms with van der Waals surface area (Å²) in [6, 6.07) is 0. The molecule has 0 aromatic heterocycles. The van der Waals surface area contributed by atoms with Crippen LogP contribution in [0.25, 0.3) is 0 Å². The molecule has 0 fully saturated rings. The molecule has 0 bridgehead atoms. The van der Waals surface area contributed by atoms with Gasteiger partial charge in [0, 0.05) is 11.8 Å². The summed E-state index contributed by atoms with van der Waals surface area (Å²) < 4.78 is 0. The van der Waals surface area contributed by atoms with Crippen LogP contribution in [0, 0.1) is 5.41 Å². The Labute approximate surface area is 158 Å². The Balaban J connectivity index is 3.22. The molecule has 0 aromatic carbocycles. The van der Waals surface area contributed by atoms with Crippen LogP contribution in [0.2, 0.25) is 0 Å². The second-order valence-corrected chi connectivity index (χ2v) is 9.12. The number of aliphatic hydroxyl groups is 2. The largest absolute Gasteiger partial charge is 0.365 e. The van der Waals surface area contributed by atoms with Gasteiger partial charge < -0.3 is 10.2 Å². The lowest BCUT2D eigenvalue weighted by atomic mass is 9.82. The van der Waals surface area contributed by atoms with E-state index in [2.05, 4.69) is 6.92 Å². The number of rotatable bonds is 17. The molecule has 0 atom stereocenters. The summed E-state index contributed by atoms with van der Waals surface area (Å²) in [7, 11) is 0. The summed E-state index contributed by atoms with van der Waals surface area (Å²) in [5, 5.41) is 20.0. The first-order valence-electron chi connectivity index (χ1n) is 11.3. The molecule has 0 amide bonds. The summed E-state index contributed by atoms with van der Waals surface area (Å²) in [6.07, 6.45) is 22.0. The third-order valence-corrected chi connectivity index (χ3v) is 5.58. The van der Waals surface area contributed by atoms with Gasteiger partial charge in [-0.25, -0.2) is 0 Å². The van der Waals surface area contributed by atoms with Crippen molar-refractivity contribution in [2.24, 2.45) is 5.41 Å². The Morgan fingerprint density at radius 1 is 0.480 bits per heavy atom. The fourth-order valence-corrected chi connectivity index (χ4v) is 3.29. The molecule has 0 saturated carbocycles. The molecule has 0 heterocycles. The summed E-state index contributed by atoms with van der Waals surface area (Å²) in [5.41, 5.74) is -0.456. The van der Waals surface area contributed by atoms with Gasteiger partial charge in [0.1, 0.15) is 0 Å². The maximum Gasteiger partial charge on any atom is 0.167 e. The van der Waals surface area contributed by atoms with Gasteiger partial charge in [0.15, 0.2) is 5.79 Å². The van der Waals surface area contributed by atoms with Crippen LogP contribution in [0.1, 0.15) is 137 Å². The maximum atomic E-state index is 10.0. The molecule has 0 aliphatic heterocycles. The van der Waals surface area contributed by atoms with E-state index in [1.165, 1.54) is 89.9 Å². The first kappa shape index (κ1) is 24.9. The van der Waals surface area contributed by atoms with Crippen molar-refractivity contribution in [3.63, 3.8) is 0 Å². The highest BCUT2D eigenvalue weighted by molar-refractivity contribution is 4.79. The van der Waals surface area contributed by atoms with Crippen LogP contribution in [-0.2, 0) is 0 Å². The van der Waals surface area contributed by atoms with Gasteiger partial charge in [-0.15, -0.1) is 0 Å². The third-order valence-electron chi connectivity index (χ3n) is 5.58. The highest BCUT2D eigenvalue weighted by atomic mass is 16.5. The lowest BCUT2D eigenvalue weighted by molar-refractivity contribution is -0.232. The van der Waals surface area contributed by atoms with Gasteiger partial charge in [-0.05, 0) is 6.42 Å². The Bertz CT molecular complexity index is 278. The number of hydrogen-bond donors (Lipinski definition) is 2. The summed E-state index contributed by atoms with van der Waals surface area (Å²) in [4.78, 5) is 0. The smallest absolute Gasteiger partial charge is 0.167 e. The van der Waals surface area contributed by atoms with Gasteiger partial charge in [-0.2, -0.15) is 0 Å². The predicted octanol–water partition coefficient (Wildman–Crippen LogP) is 7.37. The van der Waals surface area contributed by atoms with Gasteiger partial charge in [-0.1, -0.05) is 124 Å². The van der Waals surface area contributed by atoms with E-state index in [1.807, 2.05) is 20.8 Å². The molecule has 0 unspecified atom stereocenters. The Morgan fingerprint density at radius 2 is 0.760 bits per heavy atom. The second kappa shape index (κ2) is 15.0. The molecule has 2 heteroatoms. The quantitative estimate of drug-likeness (QED) is 0.211. The van der Waals surface area contributed by atoms with Crippen molar-refractivity contribution in [1.82, 2.24) is 0 Å². The minimum atomic E-state index is -1.52. The molecule has 0 radical (unpaired) electrons. The Morgan fingerprint density at radius 3 is 1.04 bits per heavy atom.